The van der Waals surface area contributed by atoms with Crippen LogP contribution >= 0.6 is 11.6 Å². The second-order valence-corrected chi connectivity index (χ2v) is 10.2. The Balaban J connectivity index is 1.83. The van der Waals surface area contributed by atoms with Gasteiger partial charge in [0.1, 0.15) is 11.6 Å². The Hall–Kier alpha value is -2.16. The average Bonchev–Trinajstić information content (AvgIpc) is 3.44. The highest BCUT2D eigenvalue weighted by Gasteiger charge is 2.79. The van der Waals surface area contributed by atoms with Crippen molar-refractivity contribution < 1.29 is 24.2 Å². The molecule has 3 saturated heterocycles. The molecule has 3 N–H and O–H groups in total. The molecule has 0 radical (unpaired) electrons. The Bertz CT molecular complexity index is 989. The summed E-state index contributed by atoms with van der Waals surface area (Å²) >= 11 is 6.30. The average molecular weight is 492 g/mol. The largest absolute Gasteiger partial charge is 0.394 e. The predicted octanol–water partition coefficient (Wildman–Crippen LogP) is 2.59. The molecule has 4 rings (SSSR count). The first kappa shape index (κ1) is 24.9. The van der Waals surface area contributed by atoms with E-state index in [-0.39, 0.29) is 24.3 Å². The van der Waals surface area contributed by atoms with Crippen LogP contribution in [0.25, 0.3) is 0 Å². The first-order valence-corrected chi connectivity index (χ1v) is 12.5. The van der Waals surface area contributed by atoms with Gasteiger partial charge in [-0.1, -0.05) is 50.9 Å². The van der Waals surface area contributed by atoms with E-state index in [2.05, 4.69) is 10.6 Å². The van der Waals surface area contributed by atoms with Crippen LogP contribution in [0.3, 0.4) is 0 Å². The van der Waals surface area contributed by atoms with Gasteiger partial charge in [0, 0.05) is 7.05 Å². The summed E-state index contributed by atoms with van der Waals surface area (Å²) in [4.78, 5) is 42.5. The summed E-state index contributed by atoms with van der Waals surface area (Å²) in [5.74, 6) is -2.52. The Morgan fingerprint density at radius 3 is 2.56 bits per heavy atom. The van der Waals surface area contributed by atoms with Crippen LogP contribution in [0.4, 0.5) is 5.69 Å². The molecular formula is C25H34ClN3O5. The lowest BCUT2D eigenvalue weighted by molar-refractivity contribution is -0.150. The van der Waals surface area contributed by atoms with E-state index in [9.17, 15) is 19.5 Å². The number of benzene rings is 1. The number of para-hydroxylation sites is 1. The molecule has 2 bridgehead atoms. The molecule has 1 aromatic rings. The number of anilines is 1. The van der Waals surface area contributed by atoms with E-state index < -0.39 is 41.0 Å². The van der Waals surface area contributed by atoms with Crippen molar-refractivity contribution in [3.05, 3.63) is 29.3 Å². The van der Waals surface area contributed by atoms with Gasteiger partial charge >= 0.3 is 0 Å². The van der Waals surface area contributed by atoms with Crippen molar-refractivity contribution in [1.82, 2.24) is 10.2 Å². The molecule has 0 aromatic heterocycles. The maximum atomic E-state index is 14.1. The number of carbonyl (C=O) groups is 3. The molecule has 9 heteroatoms. The molecule has 3 aliphatic rings. The molecule has 3 aliphatic heterocycles. The van der Waals surface area contributed by atoms with Crippen LogP contribution in [-0.2, 0) is 19.1 Å². The molecule has 34 heavy (non-hydrogen) atoms. The van der Waals surface area contributed by atoms with Crippen LogP contribution in [0.2, 0.25) is 5.02 Å². The van der Waals surface area contributed by atoms with Gasteiger partial charge in [0.25, 0.3) is 0 Å². The first-order valence-electron chi connectivity index (χ1n) is 12.1. The van der Waals surface area contributed by atoms with Crippen molar-refractivity contribution in [1.29, 1.82) is 0 Å². The number of hydrogen-bond donors (Lipinski definition) is 3. The highest BCUT2D eigenvalue weighted by atomic mass is 35.5. The highest BCUT2D eigenvalue weighted by molar-refractivity contribution is 6.33. The van der Waals surface area contributed by atoms with E-state index in [1.807, 2.05) is 20.8 Å². The van der Waals surface area contributed by atoms with Gasteiger partial charge in [-0.3, -0.25) is 14.4 Å². The highest BCUT2D eigenvalue weighted by Crippen LogP contribution is 2.64. The third kappa shape index (κ3) is 3.45. The Kier molecular flexibility index (Phi) is 6.70. The van der Waals surface area contributed by atoms with Gasteiger partial charge < -0.3 is 25.4 Å². The van der Waals surface area contributed by atoms with Crippen LogP contribution in [0, 0.1) is 17.8 Å². The number of fused-ring (bicyclic) bond motifs is 1. The quantitative estimate of drug-likeness (QED) is 0.518. The van der Waals surface area contributed by atoms with E-state index in [1.165, 1.54) is 4.90 Å². The monoisotopic (exact) mass is 491 g/mol. The zero-order chi connectivity index (χ0) is 24.8. The molecule has 3 amide bonds. The normalized spacial score (nSPS) is 33.5. The maximum absolute atomic E-state index is 14.1. The minimum absolute atomic E-state index is 0.0597. The van der Waals surface area contributed by atoms with E-state index in [0.29, 0.717) is 36.4 Å². The number of halogens is 1. The molecule has 3 heterocycles. The smallest absolute Gasteiger partial charge is 0.250 e. The number of nitrogens with zero attached hydrogens (tertiary/aromatic N) is 1. The third-order valence-corrected chi connectivity index (χ3v) is 8.70. The SMILES string of the molecule is CC[C@H](C)[C@H](CO)N1C(=O)[C@@H]2[C@@H](C(=O)NC)[C@@]3(CC)CCC2(O3)C1C(=O)Nc1ccccc1Cl. The van der Waals surface area contributed by atoms with Gasteiger partial charge in [-0.15, -0.1) is 0 Å². The Morgan fingerprint density at radius 2 is 1.97 bits per heavy atom. The number of likely N-dealkylation sites (tertiary alicyclic amines) is 1. The van der Waals surface area contributed by atoms with Crippen LogP contribution in [0.1, 0.15) is 46.5 Å². The summed E-state index contributed by atoms with van der Waals surface area (Å²) in [6, 6.07) is 5.34. The predicted molar refractivity (Wildman–Crippen MR) is 128 cm³/mol. The molecule has 2 unspecified atom stereocenters. The van der Waals surface area contributed by atoms with Crippen molar-refractivity contribution in [3.8, 4) is 0 Å². The summed E-state index contributed by atoms with van der Waals surface area (Å²) in [6.07, 6.45) is 2.34. The lowest BCUT2D eigenvalue weighted by Crippen LogP contribution is -2.57. The lowest BCUT2D eigenvalue weighted by Gasteiger charge is -2.39. The van der Waals surface area contributed by atoms with E-state index >= 15 is 0 Å². The van der Waals surface area contributed by atoms with Crippen molar-refractivity contribution >= 4 is 35.0 Å². The van der Waals surface area contributed by atoms with Crippen molar-refractivity contribution in [2.75, 3.05) is 19.0 Å². The first-order chi connectivity index (χ1) is 16.2. The molecule has 7 atom stereocenters. The molecular weight excluding hydrogens is 458 g/mol. The number of rotatable bonds is 8. The van der Waals surface area contributed by atoms with E-state index in [4.69, 9.17) is 16.3 Å². The fourth-order valence-electron chi connectivity index (χ4n) is 6.44. The molecule has 1 aromatic carbocycles. The second-order valence-electron chi connectivity index (χ2n) is 9.80. The van der Waals surface area contributed by atoms with Crippen molar-refractivity contribution in [3.63, 3.8) is 0 Å². The van der Waals surface area contributed by atoms with E-state index in [0.717, 1.165) is 0 Å². The second kappa shape index (κ2) is 9.13. The topological polar surface area (TPSA) is 108 Å². The Morgan fingerprint density at radius 1 is 1.26 bits per heavy atom. The summed E-state index contributed by atoms with van der Waals surface area (Å²) in [5.41, 5.74) is -1.50. The fourth-order valence-corrected chi connectivity index (χ4v) is 6.63. The lowest BCUT2D eigenvalue weighted by atomic mass is 9.65. The Labute approximate surface area is 205 Å². The van der Waals surface area contributed by atoms with E-state index in [1.54, 1.807) is 31.3 Å². The van der Waals surface area contributed by atoms with Crippen molar-refractivity contribution in [2.45, 2.75) is 69.7 Å². The molecule has 0 saturated carbocycles. The zero-order valence-electron chi connectivity index (χ0n) is 20.1. The maximum Gasteiger partial charge on any atom is 0.250 e. The van der Waals surface area contributed by atoms with Crippen LogP contribution in [-0.4, -0.2) is 64.7 Å². The number of aliphatic hydroxyl groups is 1. The molecule has 1 spiro atoms. The van der Waals surface area contributed by atoms with Gasteiger partial charge in [-0.05, 0) is 37.3 Å². The fraction of sp³-hybridized carbons (Fsp3) is 0.640. The molecule has 186 valence electrons. The molecule has 3 fully saturated rings. The number of hydrogen-bond acceptors (Lipinski definition) is 5. The third-order valence-electron chi connectivity index (χ3n) is 8.37. The van der Waals surface area contributed by atoms with Gasteiger partial charge in [0.15, 0.2) is 0 Å². The summed E-state index contributed by atoms with van der Waals surface area (Å²) in [6.45, 7) is 5.59. The van der Waals surface area contributed by atoms with Crippen molar-refractivity contribution in [2.24, 2.45) is 17.8 Å². The number of nitrogens with one attached hydrogen (secondary N) is 2. The van der Waals surface area contributed by atoms with Gasteiger partial charge in [-0.2, -0.15) is 0 Å². The van der Waals surface area contributed by atoms with Gasteiger partial charge in [-0.25, -0.2) is 0 Å². The van der Waals surface area contributed by atoms with Crippen LogP contribution in [0.5, 0.6) is 0 Å². The standard InChI is InChI=1S/C25H34ClN3O5/c1-5-14(3)17(13-30)29-20(22(32)28-16-10-8-7-9-15(16)26)25-12-11-24(6-2,34-25)18(21(31)27-4)19(25)23(29)33/h7-10,14,17-20,30H,5-6,11-13H2,1-4H3,(H,27,31)(H,28,32)/t14-,17-,18-,19-,20?,24+,25?/m0/s1. The minimum Gasteiger partial charge on any atom is -0.394 e. The van der Waals surface area contributed by atoms with Crippen LogP contribution in [0.15, 0.2) is 24.3 Å². The summed E-state index contributed by atoms with van der Waals surface area (Å²) in [7, 11) is 1.55. The number of ether oxygens (including phenoxy) is 1. The van der Waals surface area contributed by atoms with Gasteiger partial charge in [0.2, 0.25) is 17.7 Å². The van der Waals surface area contributed by atoms with Gasteiger partial charge in [0.05, 0.1) is 40.8 Å². The number of aliphatic hydroxyl groups excluding tert-OH is 1. The zero-order valence-corrected chi connectivity index (χ0v) is 20.9. The summed E-state index contributed by atoms with van der Waals surface area (Å²) < 4.78 is 6.67. The number of amides is 3. The molecule has 8 nitrogen and oxygen atoms in total. The number of carbonyl (C=O) groups excluding carboxylic acids is 3. The molecule has 0 aliphatic carbocycles. The minimum atomic E-state index is -1.14. The summed E-state index contributed by atoms with van der Waals surface area (Å²) in [5, 5.41) is 16.3. The van der Waals surface area contributed by atoms with Crippen LogP contribution < -0.4 is 10.6 Å².